The summed E-state index contributed by atoms with van der Waals surface area (Å²) in [5.74, 6) is 0. The average Bonchev–Trinajstić information content (AvgIpc) is 3.76. The molecule has 0 spiro atoms. The van der Waals surface area contributed by atoms with E-state index in [0.717, 1.165) is 40.8 Å². The zero-order valence-electron chi connectivity index (χ0n) is 23.7. The highest BCUT2D eigenvalue weighted by molar-refractivity contribution is 7.26. The number of aryl methyl sites for hydroxylation is 1. The monoisotopic (exact) mass is 599 g/mol. The normalized spacial score (nSPS) is 13.2. The van der Waals surface area contributed by atoms with E-state index in [-0.39, 0.29) is 0 Å². The molecular formula is C40H25NOS2. The standard InChI is InChI=1S/C40H25NOS2/c1-2-9-25(10-3-1)41(27-15-18-30-29-12-6-7-13-34(29)44-37(30)23-27)26-16-20-35-33(22-26)38-36(43-35)21-19-32-31-17-14-24-8-4-5-11-28(24)39(31)42-40(32)38/h1-6,8-12,14-23H,7,13H2. The first kappa shape index (κ1) is 24.5. The molecule has 0 saturated carbocycles. The summed E-state index contributed by atoms with van der Waals surface area (Å²) in [6, 6.07) is 42.0. The molecule has 10 rings (SSSR count). The SMILES string of the molecule is C1=Cc2c(sc3cc(N(c4ccccc4)c4ccc5sc6ccc7c8ccc9ccccc9c8oc7c6c5c4)ccc23)CC1. The predicted octanol–water partition coefficient (Wildman–Crippen LogP) is 12.8. The molecule has 208 valence electrons. The van der Waals surface area contributed by atoms with Crippen LogP contribution in [0, 0.1) is 0 Å². The van der Waals surface area contributed by atoms with Gasteiger partial charge in [0.2, 0.25) is 0 Å². The molecule has 0 radical (unpaired) electrons. The molecule has 0 aliphatic heterocycles. The summed E-state index contributed by atoms with van der Waals surface area (Å²) in [5, 5.41) is 8.49. The van der Waals surface area contributed by atoms with Crippen molar-refractivity contribution in [1.82, 2.24) is 0 Å². The van der Waals surface area contributed by atoms with Gasteiger partial charge in [-0.05, 0) is 84.5 Å². The summed E-state index contributed by atoms with van der Waals surface area (Å²) in [6.07, 6.45) is 6.88. The Bertz CT molecular complexity index is 2620. The van der Waals surface area contributed by atoms with Crippen LogP contribution in [-0.2, 0) is 6.42 Å². The maximum absolute atomic E-state index is 6.79. The Morgan fingerprint density at radius 1 is 0.545 bits per heavy atom. The fourth-order valence-electron chi connectivity index (χ4n) is 7.05. The van der Waals surface area contributed by atoms with Crippen LogP contribution >= 0.6 is 22.7 Å². The number of furan rings is 1. The molecule has 0 amide bonds. The molecule has 0 unspecified atom stereocenters. The number of anilines is 3. The van der Waals surface area contributed by atoms with Crippen molar-refractivity contribution in [2.45, 2.75) is 12.8 Å². The van der Waals surface area contributed by atoms with Crippen molar-refractivity contribution in [2.75, 3.05) is 4.90 Å². The maximum atomic E-state index is 6.79. The highest BCUT2D eigenvalue weighted by Gasteiger charge is 2.20. The Morgan fingerprint density at radius 2 is 1.32 bits per heavy atom. The Labute approximate surface area is 261 Å². The van der Waals surface area contributed by atoms with E-state index in [0.29, 0.717) is 0 Å². The van der Waals surface area contributed by atoms with E-state index in [1.807, 2.05) is 22.7 Å². The summed E-state index contributed by atoms with van der Waals surface area (Å²) in [6.45, 7) is 0. The van der Waals surface area contributed by atoms with Crippen LogP contribution in [0.15, 0.2) is 126 Å². The van der Waals surface area contributed by atoms with Crippen LogP contribution in [0.1, 0.15) is 16.9 Å². The van der Waals surface area contributed by atoms with Crippen molar-refractivity contribution >= 4 is 109 Å². The molecule has 0 fully saturated rings. The van der Waals surface area contributed by atoms with Gasteiger partial charge in [0.1, 0.15) is 11.2 Å². The quantitative estimate of drug-likeness (QED) is 0.201. The van der Waals surface area contributed by atoms with Gasteiger partial charge in [-0.25, -0.2) is 0 Å². The molecule has 6 aromatic carbocycles. The van der Waals surface area contributed by atoms with Crippen molar-refractivity contribution in [1.29, 1.82) is 0 Å². The van der Waals surface area contributed by atoms with Crippen molar-refractivity contribution in [3.05, 3.63) is 132 Å². The summed E-state index contributed by atoms with van der Waals surface area (Å²) in [4.78, 5) is 3.89. The first-order valence-corrected chi connectivity index (χ1v) is 16.7. The molecule has 0 atom stereocenters. The lowest BCUT2D eigenvalue weighted by Gasteiger charge is -2.25. The summed E-state index contributed by atoms with van der Waals surface area (Å²) in [5.41, 5.74) is 6.80. The highest BCUT2D eigenvalue weighted by Crippen LogP contribution is 2.46. The van der Waals surface area contributed by atoms with Gasteiger partial charge in [-0.1, -0.05) is 66.7 Å². The minimum Gasteiger partial charge on any atom is -0.455 e. The second kappa shape index (κ2) is 9.30. The van der Waals surface area contributed by atoms with Gasteiger partial charge < -0.3 is 9.32 Å². The first-order valence-electron chi connectivity index (χ1n) is 15.1. The van der Waals surface area contributed by atoms with E-state index in [2.05, 4.69) is 132 Å². The number of thiophene rings is 2. The van der Waals surface area contributed by atoms with Gasteiger partial charge in [-0.2, -0.15) is 0 Å². The topological polar surface area (TPSA) is 16.4 Å². The molecule has 3 heterocycles. The Hall–Kier alpha value is -4.90. The molecule has 1 aliphatic rings. The van der Waals surface area contributed by atoms with Crippen LogP contribution in [0.3, 0.4) is 0 Å². The zero-order valence-corrected chi connectivity index (χ0v) is 25.3. The Balaban J connectivity index is 1.22. The smallest absolute Gasteiger partial charge is 0.144 e. The third-order valence-electron chi connectivity index (χ3n) is 9.09. The first-order chi connectivity index (χ1) is 21.8. The lowest BCUT2D eigenvalue weighted by molar-refractivity contribution is 0.677. The fourth-order valence-corrected chi connectivity index (χ4v) is 9.38. The molecule has 9 aromatic rings. The Morgan fingerprint density at radius 3 is 2.27 bits per heavy atom. The number of hydrogen-bond acceptors (Lipinski definition) is 4. The largest absolute Gasteiger partial charge is 0.455 e. The number of rotatable bonds is 3. The second-order valence-corrected chi connectivity index (χ2v) is 13.8. The second-order valence-electron chi connectivity index (χ2n) is 11.6. The van der Waals surface area contributed by atoms with Gasteiger partial charge in [0, 0.05) is 68.4 Å². The number of benzene rings is 6. The van der Waals surface area contributed by atoms with E-state index in [9.17, 15) is 0 Å². The number of nitrogens with zero attached hydrogens (tertiary/aromatic N) is 1. The van der Waals surface area contributed by atoms with Crippen LogP contribution in [-0.4, -0.2) is 0 Å². The highest BCUT2D eigenvalue weighted by atomic mass is 32.1. The third-order valence-corrected chi connectivity index (χ3v) is 11.5. The zero-order chi connectivity index (χ0) is 28.8. The van der Waals surface area contributed by atoms with Crippen LogP contribution in [0.2, 0.25) is 0 Å². The van der Waals surface area contributed by atoms with Gasteiger partial charge >= 0.3 is 0 Å². The molecule has 2 nitrogen and oxygen atoms in total. The van der Waals surface area contributed by atoms with Crippen molar-refractivity contribution in [2.24, 2.45) is 0 Å². The van der Waals surface area contributed by atoms with Crippen LogP contribution < -0.4 is 4.90 Å². The Kier molecular flexibility index (Phi) is 5.18. The molecule has 0 bridgehead atoms. The maximum Gasteiger partial charge on any atom is 0.144 e. The van der Waals surface area contributed by atoms with E-state index >= 15 is 0 Å². The summed E-state index contributed by atoms with van der Waals surface area (Å²) in [7, 11) is 0. The minimum atomic E-state index is 0.966. The fraction of sp³-hybridized carbons (Fsp3) is 0.0500. The van der Waals surface area contributed by atoms with Gasteiger partial charge in [0.15, 0.2) is 0 Å². The number of fused-ring (bicyclic) bond motifs is 12. The summed E-state index contributed by atoms with van der Waals surface area (Å²) < 4.78 is 10.7. The van der Waals surface area contributed by atoms with E-state index in [1.165, 1.54) is 62.5 Å². The third kappa shape index (κ3) is 3.53. The molecule has 0 N–H and O–H groups in total. The lowest BCUT2D eigenvalue weighted by atomic mass is 10.0. The van der Waals surface area contributed by atoms with Gasteiger partial charge in [0.25, 0.3) is 0 Å². The minimum absolute atomic E-state index is 0.966. The molecular weight excluding hydrogens is 575 g/mol. The van der Waals surface area contributed by atoms with Crippen molar-refractivity contribution < 1.29 is 4.42 Å². The van der Waals surface area contributed by atoms with Crippen LogP contribution in [0.4, 0.5) is 17.1 Å². The van der Waals surface area contributed by atoms with Crippen molar-refractivity contribution in [3.8, 4) is 0 Å². The van der Waals surface area contributed by atoms with Gasteiger partial charge in [-0.15, -0.1) is 22.7 Å². The average molecular weight is 600 g/mol. The van der Waals surface area contributed by atoms with E-state index in [4.69, 9.17) is 4.42 Å². The van der Waals surface area contributed by atoms with Gasteiger partial charge in [-0.3, -0.25) is 0 Å². The van der Waals surface area contributed by atoms with Crippen LogP contribution in [0.25, 0.3) is 69.0 Å². The summed E-state index contributed by atoms with van der Waals surface area (Å²) >= 11 is 3.78. The molecule has 4 heteroatoms. The lowest BCUT2D eigenvalue weighted by Crippen LogP contribution is -2.09. The predicted molar refractivity (Wildman–Crippen MR) is 192 cm³/mol. The number of hydrogen-bond donors (Lipinski definition) is 0. The van der Waals surface area contributed by atoms with Crippen molar-refractivity contribution in [3.63, 3.8) is 0 Å². The molecule has 1 aliphatic carbocycles. The number of para-hydroxylation sites is 1. The van der Waals surface area contributed by atoms with E-state index < -0.39 is 0 Å². The van der Waals surface area contributed by atoms with Crippen LogP contribution in [0.5, 0.6) is 0 Å². The number of allylic oxidation sites excluding steroid dienone is 1. The molecule has 44 heavy (non-hydrogen) atoms. The molecule has 0 saturated heterocycles. The van der Waals surface area contributed by atoms with Gasteiger partial charge in [0.05, 0.1) is 0 Å². The molecule has 3 aromatic heterocycles. The van der Waals surface area contributed by atoms with E-state index in [1.54, 1.807) is 0 Å².